The number of hydrogen-bond donors (Lipinski definition) is 1. The molecule has 15 heavy (non-hydrogen) atoms. The van der Waals surface area contributed by atoms with Crippen LogP contribution in [0.25, 0.3) is 0 Å². The van der Waals surface area contributed by atoms with Crippen molar-refractivity contribution in [1.29, 1.82) is 0 Å². The van der Waals surface area contributed by atoms with E-state index in [-0.39, 0.29) is 6.54 Å². The molecule has 0 bridgehead atoms. The second kappa shape index (κ2) is 5.99. The minimum Gasteiger partial charge on any atom is -0.314 e. The normalized spacial score (nSPS) is 28.0. The zero-order valence-electron chi connectivity index (χ0n) is 8.94. The molecule has 1 rings (SSSR count). The van der Waals surface area contributed by atoms with Gasteiger partial charge in [0.15, 0.2) is 0 Å². The molecule has 0 aromatic rings. The highest BCUT2D eigenvalue weighted by Crippen LogP contribution is 2.27. The molecule has 0 spiro atoms. The van der Waals surface area contributed by atoms with Crippen LogP contribution >= 0.6 is 11.8 Å². The maximum absolute atomic E-state index is 11.9. The lowest BCUT2D eigenvalue weighted by molar-refractivity contribution is -0.133. The molecule has 2 atom stereocenters. The Labute approximate surface area is 93.2 Å². The molecule has 1 nitrogen and oxygen atoms in total. The third-order valence-electron chi connectivity index (χ3n) is 2.80. The van der Waals surface area contributed by atoms with Crippen molar-refractivity contribution in [2.24, 2.45) is 0 Å². The smallest absolute Gasteiger partial charge is 0.314 e. The van der Waals surface area contributed by atoms with E-state index in [9.17, 15) is 13.2 Å². The number of nitrogens with one attached hydrogen (secondary N) is 1. The van der Waals surface area contributed by atoms with E-state index < -0.39 is 12.6 Å². The average Bonchev–Trinajstić information content (AvgIpc) is 2.16. The molecular formula is C10H18F3NS. The first-order valence-electron chi connectivity index (χ1n) is 5.34. The van der Waals surface area contributed by atoms with Crippen LogP contribution in [0.4, 0.5) is 13.2 Å². The van der Waals surface area contributed by atoms with Crippen molar-refractivity contribution in [3.05, 3.63) is 0 Å². The molecule has 0 aromatic carbocycles. The van der Waals surface area contributed by atoms with E-state index in [0.29, 0.717) is 11.3 Å². The number of halogens is 3. The molecule has 0 aliphatic heterocycles. The van der Waals surface area contributed by atoms with Crippen LogP contribution in [0.5, 0.6) is 0 Å². The minimum atomic E-state index is -4.03. The first kappa shape index (κ1) is 13.2. The summed E-state index contributed by atoms with van der Waals surface area (Å²) in [6, 6.07) is 0.290. The lowest BCUT2D eigenvalue weighted by Gasteiger charge is -2.28. The fourth-order valence-electron chi connectivity index (χ4n) is 1.96. The van der Waals surface area contributed by atoms with E-state index in [1.807, 2.05) is 11.8 Å². The summed E-state index contributed by atoms with van der Waals surface area (Å²) in [7, 11) is 0. The molecule has 1 aliphatic rings. The molecular weight excluding hydrogens is 223 g/mol. The molecule has 1 fully saturated rings. The van der Waals surface area contributed by atoms with Gasteiger partial charge in [-0.25, -0.2) is 0 Å². The van der Waals surface area contributed by atoms with Gasteiger partial charge < -0.3 is 5.32 Å². The maximum atomic E-state index is 11.9. The molecule has 0 radical (unpaired) electrons. The predicted molar refractivity (Wildman–Crippen MR) is 58.2 cm³/mol. The van der Waals surface area contributed by atoms with E-state index in [1.54, 1.807) is 0 Å². The van der Waals surface area contributed by atoms with E-state index >= 15 is 0 Å². The highest BCUT2D eigenvalue weighted by atomic mass is 32.2. The third kappa shape index (κ3) is 5.66. The molecule has 1 N–H and O–H groups in total. The summed E-state index contributed by atoms with van der Waals surface area (Å²) < 4.78 is 35.7. The number of rotatable bonds is 4. The van der Waals surface area contributed by atoms with Crippen molar-refractivity contribution in [3.63, 3.8) is 0 Å². The average molecular weight is 241 g/mol. The van der Waals surface area contributed by atoms with Crippen molar-refractivity contribution in [1.82, 2.24) is 5.32 Å². The van der Waals surface area contributed by atoms with Crippen LogP contribution in [0.15, 0.2) is 0 Å². The van der Waals surface area contributed by atoms with Crippen LogP contribution in [0.2, 0.25) is 0 Å². The van der Waals surface area contributed by atoms with Gasteiger partial charge in [-0.15, -0.1) is 0 Å². The summed E-state index contributed by atoms with van der Waals surface area (Å²) in [5, 5.41) is 3.64. The molecule has 5 heteroatoms. The standard InChI is InChI=1S/C10H18F3NS/c1-15-9-4-2-3-8(7-9)14-6-5-10(11,12)13/h8-9,14H,2-7H2,1H3. The maximum Gasteiger partial charge on any atom is 0.390 e. The molecule has 0 amide bonds. The Morgan fingerprint density at radius 2 is 2.07 bits per heavy atom. The van der Waals surface area contributed by atoms with Gasteiger partial charge in [-0.2, -0.15) is 24.9 Å². The molecule has 1 saturated carbocycles. The van der Waals surface area contributed by atoms with Crippen molar-refractivity contribution < 1.29 is 13.2 Å². The lowest BCUT2D eigenvalue weighted by Crippen LogP contribution is -2.36. The highest BCUT2D eigenvalue weighted by Gasteiger charge is 2.27. The Bertz CT molecular complexity index is 184. The van der Waals surface area contributed by atoms with Gasteiger partial charge in [-0.1, -0.05) is 6.42 Å². The lowest BCUT2D eigenvalue weighted by atomic mass is 9.95. The van der Waals surface area contributed by atoms with E-state index in [1.165, 1.54) is 6.42 Å². The first-order valence-corrected chi connectivity index (χ1v) is 6.63. The molecule has 0 heterocycles. The van der Waals surface area contributed by atoms with Gasteiger partial charge in [-0.05, 0) is 25.5 Å². The molecule has 1 aliphatic carbocycles. The Kier molecular flexibility index (Phi) is 5.26. The monoisotopic (exact) mass is 241 g/mol. The van der Waals surface area contributed by atoms with Crippen LogP contribution in [0.1, 0.15) is 32.1 Å². The van der Waals surface area contributed by atoms with Crippen LogP contribution in [-0.2, 0) is 0 Å². The van der Waals surface area contributed by atoms with Gasteiger partial charge in [-0.3, -0.25) is 0 Å². The summed E-state index contributed by atoms with van der Waals surface area (Å²) >= 11 is 1.83. The Hall–Kier alpha value is 0.100. The summed E-state index contributed by atoms with van der Waals surface area (Å²) in [6.07, 6.45) is 1.71. The second-order valence-corrected chi connectivity index (χ2v) is 5.18. The topological polar surface area (TPSA) is 12.0 Å². The zero-order chi connectivity index (χ0) is 11.3. The summed E-state index contributed by atoms with van der Waals surface area (Å²) in [6.45, 7) is 0.0647. The Morgan fingerprint density at radius 1 is 1.33 bits per heavy atom. The van der Waals surface area contributed by atoms with Crippen LogP contribution in [0.3, 0.4) is 0 Å². The number of thioether (sulfide) groups is 1. The molecule has 2 unspecified atom stereocenters. The van der Waals surface area contributed by atoms with Crippen LogP contribution in [-0.4, -0.2) is 30.3 Å². The zero-order valence-corrected chi connectivity index (χ0v) is 9.76. The number of hydrogen-bond acceptors (Lipinski definition) is 2. The van der Waals surface area contributed by atoms with E-state index in [0.717, 1.165) is 19.3 Å². The van der Waals surface area contributed by atoms with E-state index in [4.69, 9.17) is 0 Å². The fourth-order valence-corrected chi connectivity index (χ4v) is 2.79. The minimum absolute atomic E-state index is 0.0647. The SMILES string of the molecule is CSC1CCCC(NCCC(F)(F)F)C1. The van der Waals surface area contributed by atoms with Crippen molar-refractivity contribution >= 4 is 11.8 Å². The summed E-state index contributed by atoms with van der Waals surface area (Å²) in [5.74, 6) is 0. The largest absolute Gasteiger partial charge is 0.390 e. The molecule has 0 saturated heterocycles. The van der Waals surface area contributed by atoms with Gasteiger partial charge in [0.2, 0.25) is 0 Å². The molecule has 0 aromatic heterocycles. The fraction of sp³-hybridized carbons (Fsp3) is 1.00. The third-order valence-corrected chi connectivity index (χ3v) is 3.90. The second-order valence-electron chi connectivity index (χ2n) is 4.04. The quantitative estimate of drug-likeness (QED) is 0.811. The van der Waals surface area contributed by atoms with E-state index in [2.05, 4.69) is 11.6 Å². The van der Waals surface area contributed by atoms with Crippen molar-refractivity contribution in [3.8, 4) is 0 Å². The Morgan fingerprint density at radius 3 is 2.67 bits per heavy atom. The van der Waals surface area contributed by atoms with Crippen molar-refractivity contribution in [2.45, 2.75) is 49.6 Å². The van der Waals surface area contributed by atoms with Crippen LogP contribution < -0.4 is 5.32 Å². The predicted octanol–water partition coefficient (Wildman–Crippen LogP) is 3.20. The summed E-state index contributed by atoms with van der Waals surface area (Å²) in [4.78, 5) is 0. The van der Waals surface area contributed by atoms with Gasteiger partial charge in [0, 0.05) is 17.8 Å². The first-order chi connectivity index (χ1) is 7.01. The van der Waals surface area contributed by atoms with Gasteiger partial charge in [0.05, 0.1) is 6.42 Å². The summed E-state index contributed by atoms with van der Waals surface area (Å²) in [5.41, 5.74) is 0. The van der Waals surface area contributed by atoms with Gasteiger partial charge in [0.1, 0.15) is 0 Å². The van der Waals surface area contributed by atoms with Gasteiger partial charge in [0.25, 0.3) is 0 Å². The highest BCUT2D eigenvalue weighted by molar-refractivity contribution is 7.99. The van der Waals surface area contributed by atoms with Gasteiger partial charge >= 0.3 is 6.18 Å². The number of alkyl halides is 3. The van der Waals surface area contributed by atoms with Crippen LogP contribution in [0, 0.1) is 0 Å². The Balaban J connectivity index is 2.15. The molecule has 90 valence electrons. The van der Waals surface area contributed by atoms with Crippen molar-refractivity contribution in [2.75, 3.05) is 12.8 Å².